The molecular weight excluding hydrogens is 368 g/mol. The summed E-state index contributed by atoms with van der Waals surface area (Å²) >= 11 is 0. The molecule has 1 saturated heterocycles. The van der Waals surface area contributed by atoms with Gasteiger partial charge in [0.2, 0.25) is 0 Å². The summed E-state index contributed by atoms with van der Waals surface area (Å²) in [6.45, 7) is 2.80. The number of aromatic nitrogens is 2. The third kappa shape index (κ3) is 3.90. The Balaban J connectivity index is 1.63. The van der Waals surface area contributed by atoms with Crippen LogP contribution in [0.5, 0.6) is 0 Å². The molecule has 7 nitrogen and oxygen atoms in total. The number of hydrogen-bond donors (Lipinski definition) is 1. The fraction of sp³-hybridized carbons (Fsp3) is 0.227. The zero-order valence-corrected chi connectivity index (χ0v) is 16.1. The molecular formula is C22H22N4O3. The highest BCUT2D eigenvalue weighted by Crippen LogP contribution is 2.26. The van der Waals surface area contributed by atoms with Gasteiger partial charge < -0.3 is 15.4 Å². The molecule has 4 rings (SSSR count). The molecule has 1 aliphatic heterocycles. The second kappa shape index (κ2) is 7.89. The predicted molar refractivity (Wildman–Crippen MR) is 108 cm³/mol. The molecule has 29 heavy (non-hydrogen) atoms. The van der Waals surface area contributed by atoms with E-state index in [1.165, 1.54) is 10.7 Å². The lowest BCUT2D eigenvalue weighted by molar-refractivity contribution is -0.0693. The molecule has 0 radical (unpaired) electrons. The van der Waals surface area contributed by atoms with E-state index in [4.69, 9.17) is 10.5 Å². The van der Waals surface area contributed by atoms with E-state index < -0.39 is 5.91 Å². The fourth-order valence-electron chi connectivity index (χ4n) is 3.56. The van der Waals surface area contributed by atoms with Crippen molar-refractivity contribution < 1.29 is 14.3 Å². The average molecular weight is 390 g/mol. The van der Waals surface area contributed by atoms with Crippen LogP contribution in [0.25, 0.3) is 5.69 Å². The summed E-state index contributed by atoms with van der Waals surface area (Å²) in [6.07, 6.45) is -0.333. The quantitative estimate of drug-likeness (QED) is 0.741. The number of nitrogens with zero attached hydrogens (tertiary/aromatic N) is 3. The molecule has 0 aliphatic carbocycles. The number of benzene rings is 2. The number of para-hydroxylation sites is 1. The van der Waals surface area contributed by atoms with Crippen LogP contribution in [0.15, 0.2) is 66.7 Å². The molecule has 148 valence electrons. The van der Waals surface area contributed by atoms with E-state index in [0.29, 0.717) is 18.8 Å². The second-order valence-corrected chi connectivity index (χ2v) is 7.08. The molecule has 2 amide bonds. The first-order chi connectivity index (χ1) is 14.0. The molecule has 0 saturated carbocycles. The summed E-state index contributed by atoms with van der Waals surface area (Å²) in [5.74, 6) is -0.892. The summed E-state index contributed by atoms with van der Waals surface area (Å²) in [5, 5.41) is 4.38. The number of nitrogens with two attached hydrogens (primary N) is 1. The van der Waals surface area contributed by atoms with Crippen molar-refractivity contribution in [3.05, 3.63) is 83.7 Å². The highest BCUT2D eigenvalue weighted by molar-refractivity contribution is 5.97. The van der Waals surface area contributed by atoms with Gasteiger partial charge in [0, 0.05) is 12.6 Å². The Bertz CT molecular complexity index is 1020. The lowest BCUT2D eigenvalue weighted by atomic mass is 10.1. The largest absolute Gasteiger partial charge is 0.367 e. The maximum atomic E-state index is 13.2. The zero-order valence-electron chi connectivity index (χ0n) is 16.1. The van der Waals surface area contributed by atoms with Gasteiger partial charge in [0.05, 0.1) is 18.3 Å². The molecule has 2 atom stereocenters. The summed E-state index contributed by atoms with van der Waals surface area (Å²) in [4.78, 5) is 26.8. The Morgan fingerprint density at radius 2 is 1.69 bits per heavy atom. The van der Waals surface area contributed by atoms with Gasteiger partial charge in [-0.2, -0.15) is 5.10 Å². The molecule has 2 aromatic carbocycles. The maximum absolute atomic E-state index is 13.2. The fourth-order valence-corrected chi connectivity index (χ4v) is 3.56. The van der Waals surface area contributed by atoms with E-state index in [2.05, 4.69) is 5.10 Å². The number of hydrogen-bond acceptors (Lipinski definition) is 4. The monoisotopic (exact) mass is 390 g/mol. The molecule has 1 aliphatic rings. The van der Waals surface area contributed by atoms with E-state index in [0.717, 1.165) is 5.56 Å². The van der Waals surface area contributed by atoms with Crippen LogP contribution in [0.3, 0.4) is 0 Å². The first-order valence-electron chi connectivity index (χ1n) is 9.48. The van der Waals surface area contributed by atoms with E-state index in [-0.39, 0.29) is 29.5 Å². The molecule has 1 aromatic heterocycles. The Morgan fingerprint density at radius 1 is 1.03 bits per heavy atom. The number of amides is 2. The summed E-state index contributed by atoms with van der Waals surface area (Å²) in [5.41, 5.74) is 7.55. The standard InChI is InChI=1S/C22H22N4O3/c1-15-13-25(14-20(29-15)16-8-4-2-5-9-16)22(28)18-12-19(21(23)27)26(24-18)17-10-6-3-7-11-17/h2-12,15,20H,13-14H2,1H3,(H2,23,27)/t15-,20+/m1/s1. The van der Waals surface area contributed by atoms with Gasteiger partial charge in [-0.25, -0.2) is 4.68 Å². The average Bonchev–Trinajstić information content (AvgIpc) is 3.20. The van der Waals surface area contributed by atoms with Crippen molar-refractivity contribution in [1.29, 1.82) is 0 Å². The number of carbonyl (C=O) groups excluding carboxylic acids is 2. The predicted octanol–water partition coefficient (Wildman–Crippen LogP) is 2.57. The molecule has 2 N–H and O–H groups in total. The third-order valence-electron chi connectivity index (χ3n) is 4.90. The Kier molecular flexibility index (Phi) is 5.14. The van der Waals surface area contributed by atoms with Crippen LogP contribution in [-0.4, -0.2) is 45.7 Å². The minimum absolute atomic E-state index is 0.121. The van der Waals surface area contributed by atoms with Crippen LogP contribution < -0.4 is 5.73 Å². The number of carbonyl (C=O) groups is 2. The summed E-state index contributed by atoms with van der Waals surface area (Å²) in [7, 11) is 0. The Morgan fingerprint density at radius 3 is 2.34 bits per heavy atom. The number of morpholine rings is 1. The van der Waals surface area contributed by atoms with Crippen LogP contribution in [-0.2, 0) is 4.74 Å². The van der Waals surface area contributed by atoms with Gasteiger partial charge in [-0.3, -0.25) is 9.59 Å². The lowest BCUT2D eigenvalue weighted by Gasteiger charge is -2.36. The SMILES string of the molecule is C[C@@H]1CN(C(=O)c2cc(C(N)=O)n(-c3ccccc3)n2)C[C@@H](c2ccccc2)O1. The number of rotatable bonds is 4. The van der Waals surface area contributed by atoms with Crippen LogP contribution in [0, 0.1) is 0 Å². The Labute approximate surface area is 168 Å². The van der Waals surface area contributed by atoms with Crippen molar-refractivity contribution in [3.63, 3.8) is 0 Å². The smallest absolute Gasteiger partial charge is 0.274 e. The number of primary amides is 1. The van der Waals surface area contributed by atoms with E-state index in [1.54, 1.807) is 17.0 Å². The minimum Gasteiger partial charge on any atom is -0.367 e. The van der Waals surface area contributed by atoms with Gasteiger partial charge in [-0.15, -0.1) is 0 Å². The molecule has 0 unspecified atom stereocenters. The van der Waals surface area contributed by atoms with Crippen molar-refractivity contribution in [2.45, 2.75) is 19.1 Å². The number of ether oxygens (including phenoxy) is 1. The van der Waals surface area contributed by atoms with Gasteiger partial charge in [0.1, 0.15) is 11.8 Å². The minimum atomic E-state index is -0.641. The third-order valence-corrected chi connectivity index (χ3v) is 4.90. The van der Waals surface area contributed by atoms with Crippen molar-refractivity contribution >= 4 is 11.8 Å². The maximum Gasteiger partial charge on any atom is 0.274 e. The molecule has 0 spiro atoms. The lowest BCUT2D eigenvalue weighted by Crippen LogP contribution is -2.46. The van der Waals surface area contributed by atoms with E-state index >= 15 is 0 Å². The molecule has 7 heteroatoms. The topological polar surface area (TPSA) is 90.5 Å². The van der Waals surface area contributed by atoms with Crippen LogP contribution >= 0.6 is 0 Å². The molecule has 3 aromatic rings. The first kappa shape index (κ1) is 18.9. The van der Waals surface area contributed by atoms with Crippen molar-refractivity contribution in [2.24, 2.45) is 5.73 Å². The Hall–Kier alpha value is -3.45. The highest BCUT2D eigenvalue weighted by atomic mass is 16.5. The van der Waals surface area contributed by atoms with Gasteiger partial charge >= 0.3 is 0 Å². The van der Waals surface area contributed by atoms with Crippen LogP contribution in [0.2, 0.25) is 0 Å². The van der Waals surface area contributed by atoms with Crippen LogP contribution in [0.1, 0.15) is 39.6 Å². The van der Waals surface area contributed by atoms with E-state index in [9.17, 15) is 9.59 Å². The van der Waals surface area contributed by atoms with Crippen molar-refractivity contribution in [3.8, 4) is 5.69 Å². The molecule has 2 heterocycles. The molecule has 1 fully saturated rings. The van der Waals surface area contributed by atoms with Gasteiger partial charge in [-0.05, 0) is 24.6 Å². The summed E-state index contributed by atoms with van der Waals surface area (Å²) in [6, 6.07) is 20.4. The van der Waals surface area contributed by atoms with Crippen molar-refractivity contribution in [2.75, 3.05) is 13.1 Å². The second-order valence-electron chi connectivity index (χ2n) is 7.08. The van der Waals surface area contributed by atoms with Gasteiger partial charge in [-0.1, -0.05) is 48.5 Å². The normalized spacial score (nSPS) is 19.1. The first-order valence-corrected chi connectivity index (χ1v) is 9.48. The van der Waals surface area contributed by atoms with Gasteiger partial charge in [0.25, 0.3) is 11.8 Å². The zero-order chi connectivity index (χ0) is 20.4. The highest BCUT2D eigenvalue weighted by Gasteiger charge is 2.31. The van der Waals surface area contributed by atoms with Gasteiger partial charge in [0.15, 0.2) is 5.69 Å². The van der Waals surface area contributed by atoms with Crippen LogP contribution in [0.4, 0.5) is 0 Å². The van der Waals surface area contributed by atoms with E-state index in [1.807, 2.05) is 55.5 Å². The van der Waals surface area contributed by atoms with Crippen molar-refractivity contribution in [1.82, 2.24) is 14.7 Å². The molecule has 0 bridgehead atoms. The summed E-state index contributed by atoms with van der Waals surface area (Å²) < 4.78 is 7.44.